The molecule has 1 unspecified atom stereocenters. The molecule has 0 nitrogen and oxygen atoms in total. The van der Waals surface area contributed by atoms with E-state index in [4.69, 9.17) is 0 Å². The van der Waals surface area contributed by atoms with Crippen LogP contribution in [0, 0.1) is 13.8 Å². The van der Waals surface area contributed by atoms with Gasteiger partial charge in [0.15, 0.2) is 0 Å². The van der Waals surface area contributed by atoms with E-state index in [0.717, 1.165) is 5.33 Å². The molecule has 11 heavy (non-hydrogen) atoms. The van der Waals surface area contributed by atoms with Crippen molar-refractivity contribution in [1.29, 1.82) is 0 Å². The second-order valence-corrected chi connectivity index (χ2v) is 5.03. The summed E-state index contributed by atoms with van der Waals surface area (Å²) in [5.74, 6) is 0.653. The highest BCUT2D eigenvalue weighted by molar-refractivity contribution is 9.09. The van der Waals surface area contributed by atoms with Crippen molar-refractivity contribution in [3.63, 3.8) is 0 Å². The Bertz CT molecular complexity index is 240. The van der Waals surface area contributed by atoms with E-state index in [2.05, 4.69) is 42.8 Å². The van der Waals surface area contributed by atoms with E-state index in [9.17, 15) is 0 Å². The fourth-order valence-corrected chi connectivity index (χ4v) is 2.62. The van der Waals surface area contributed by atoms with Crippen molar-refractivity contribution in [2.75, 3.05) is 5.33 Å². The van der Waals surface area contributed by atoms with Crippen molar-refractivity contribution in [3.8, 4) is 0 Å². The Morgan fingerprint density at radius 1 is 1.55 bits per heavy atom. The molecule has 0 bridgehead atoms. The highest BCUT2D eigenvalue weighted by Gasteiger charge is 2.08. The number of hydrogen-bond acceptors (Lipinski definition) is 1. The molecule has 0 N–H and O–H groups in total. The average Bonchev–Trinajstić information content (AvgIpc) is 2.28. The van der Waals surface area contributed by atoms with Crippen LogP contribution in [0.5, 0.6) is 0 Å². The Labute approximate surface area is 80.8 Å². The van der Waals surface area contributed by atoms with Gasteiger partial charge in [-0.3, -0.25) is 0 Å². The van der Waals surface area contributed by atoms with E-state index in [-0.39, 0.29) is 0 Å². The van der Waals surface area contributed by atoms with Gasteiger partial charge in [-0.2, -0.15) is 0 Å². The summed E-state index contributed by atoms with van der Waals surface area (Å²) >= 11 is 5.39. The number of halogens is 1. The number of thiophene rings is 1. The first kappa shape index (κ1) is 9.27. The number of alkyl halides is 1. The molecule has 1 rings (SSSR count). The zero-order valence-electron chi connectivity index (χ0n) is 7.15. The lowest BCUT2D eigenvalue weighted by Gasteiger charge is -2.05. The molecule has 0 saturated carbocycles. The molecular weight excluding hydrogens is 220 g/mol. The van der Waals surface area contributed by atoms with Crippen LogP contribution in [0.15, 0.2) is 6.07 Å². The van der Waals surface area contributed by atoms with Crippen molar-refractivity contribution in [2.24, 2.45) is 0 Å². The van der Waals surface area contributed by atoms with Crippen LogP contribution in [0.25, 0.3) is 0 Å². The third kappa shape index (κ3) is 2.06. The van der Waals surface area contributed by atoms with Crippen LogP contribution in [-0.4, -0.2) is 5.33 Å². The van der Waals surface area contributed by atoms with E-state index >= 15 is 0 Å². The van der Waals surface area contributed by atoms with Crippen LogP contribution in [0.1, 0.15) is 28.2 Å². The maximum atomic E-state index is 3.50. The Kier molecular flexibility index (Phi) is 3.14. The van der Waals surface area contributed by atoms with Gasteiger partial charge in [-0.25, -0.2) is 0 Å². The molecular formula is C9H13BrS. The highest BCUT2D eigenvalue weighted by Crippen LogP contribution is 2.28. The smallest absolute Gasteiger partial charge is 0.00979 e. The molecule has 0 aromatic carbocycles. The van der Waals surface area contributed by atoms with E-state index in [1.54, 1.807) is 0 Å². The van der Waals surface area contributed by atoms with Gasteiger partial charge in [0.05, 0.1) is 0 Å². The molecule has 0 radical (unpaired) electrons. The minimum absolute atomic E-state index is 0.653. The standard InChI is InChI=1S/C9H13BrS/c1-6(5-10)9-4-7(2)11-8(9)3/h4,6H,5H2,1-3H3. The Morgan fingerprint density at radius 2 is 2.18 bits per heavy atom. The third-order valence-electron chi connectivity index (χ3n) is 1.84. The molecule has 0 fully saturated rings. The summed E-state index contributed by atoms with van der Waals surface area (Å²) in [6.07, 6.45) is 0. The molecule has 0 saturated heterocycles. The van der Waals surface area contributed by atoms with E-state index in [1.807, 2.05) is 11.3 Å². The number of aryl methyl sites for hydroxylation is 2. The summed E-state index contributed by atoms with van der Waals surface area (Å²) < 4.78 is 0. The van der Waals surface area contributed by atoms with E-state index in [0.29, 0.717) is 5.92 Å². The molecule has 0 aliphatic heterocycles. The van der Waals surface area contributed by atoms with Crippen LogP contribution in [-0.2, 0) is 0 Å². The van der Waals surface area contributed by atoms with E-state index < -0.39 is 0 Å². The minimum Gasteiger partial charge on any atom is -0.146 e. The first-order valence-corrected chi connectivity index (χ1v) is 5.72. The minimum atomic E-state index is 0.653. The Balaban J connectivity index is 2.93. The van der Waals surface area contributed by atoms with Gasteiger partial charge in [-0.1, -0.05) is 22.9 Å². The molecule has 0 spiro atoms. The topological polar surface area (TPSA) is 0 Å². The van der Waals surface area contributed by atoms with Crippen LogP contribution >= 0.6 is 27.3 Å². The fraction of sp³-hybridized carbons (Fsp3) is 0.556. The maximum Gasteiger partial charge on any atom is 0.00979 e. The lowest BCUT2D eigenvalue weighted by molar-refractivity contribution is 0.885. The third-order valence-corrected chi connectivity index (χ3v) is 3.79. The molecule has 0 amide bonds. The zero-order chi connectivity index (χ0) is 8.43. The average molecular weight is 233 g/mol. The van der Waals surface area contributed by atoms with Crippen molar-refractivity contribution in [1.82, 2.24) is 0 Å². The largest absolute Gasteiger partial charge is 0.146 e. The molecule has 0 aliphatic carbocycles. The van der Waals surface area contributed by atoms with Gasteiger partial charge in [-0.05, 0) is 31.4 Å². The molecule has 1 aromatic heterocycles. The van der Waals surface area contributed by atoms with Gasteiger partial charge in [-0.15, -0.1) is 11.3 Å². The summed E-state index contributed by atoms with van der Waals surface area (Å²) in [6, 6.07) is 2.30. The maximum absolute atomic E-state index is 3.50. The summed E-state index contributed by atoms with van der Waals surface area (Å²) in [7, 11) is 0. The predicted molar refractivity (Wildman–Crippen MR) is 56.0 cm³/mol. The molecule has 1 heterocycles. The van der Waals surface area contributed by atoms with Crippen LogP contribution in [0.2, 0.25) is 0 Å². The predicted octanol–water partition coefficient (Wildman–Crippen LogP) is 3.86. The van der Waals surface area contributed by atoms with Crippen LogP contribution < -0.4 is 0 Å². The Hall–Kier alpha value is 0.180. The SMILES string of the molecule is Cc1cc(C(C)CBr)c(C)s1. The van der Waals surface area contributed by atoms with Crippen LogP contribution in [0.3, 0.4) is 0 Å². The second-order valence-electron chi connectivity index (χ2n) is 2.92. The molecule has 62 valence electrons. The number of rotatable bonds is 2. The summed E-state index contributed by atoms with van der Waals surface area (Å²) in [5, 5.41) is 1.06. The Morgan fingerprint density at radius 3 is 2.55 bits per heavy atom. The zero-order valence-corrected chi connectivity index (χ0v) is 9.55. The van der Waals surface area contributed by atoms with Crippen molar-refractivity contribution in [2.45, 2.75) is 26.7 Å². The normalized spacial score (nSPS) is 13.5. The second kappa shape index (κ2) is 3.72. The van der Waals surface area contributed by atoms with Gasteiger partial charge in [0.1, 0.15) is 0 Å². The first-order chi connectivity index (χ1) is 5.15. The molecule has 1 atom stereocenters. The van der Waals surface area contributed by atoms with Gasteiger partial charge in [0.25, 0.3) is 0 Å². The van der Waals surface area contributed by atoms with Gasteiger partial charge < -0.3 is 0 Å². The van der Waals surface area contributed by atoms with Crippen molar-refractivity contribution in [3.05, 3.63) is 21.4 Å². The lowest BCUT2D eigenvalue weighted by atomic mass is 10.0. The van der Waals surface area contributed by atoms with Crippen molar-refractivity contribution < 1.29 is 0 Å². The van der Waals surface area contributed by atoms with Gasteiger partial charge in [0.2, 0.25) is 0 Å². The summed E-state index contributed by atoms with van der Waals surface area (Å²) in [5.41, 5.74) is 1.50. The quantitative estimate of drug-likeness (QED) is 0.680. The molecule has 1 aromatic rings. The molecule has 2 heteroatoms. The summed E-state index contributed by atoms with van der Waals surface area (Å²) in [6.45, 7) is 6.62. The highest BCUT2D eigenvalue weighted by atomic mass is 79.9. The monoisotopic (exact) mass is 232 g/mol. The van der Waals surface area contributed by atoms with Gasteiger partial charge >= 0.3 is 0 Å². The van der Waals surface area contributed by atoms with Gasteiger partial charge in [0, 0.05) is 15.1 Å². The van der Waals surface area contributed by atoms with Crippen molar-refractivity contribution >= 4 is 27.3 Å². The number of hydrogen-bond donors (Lipinski definition) is 0. The van der Waals surface area contributed by atoms with E-state index in [1.165, 1.54) is 15.3 Å². The molecule has 0 aliphatic rings. The van der Waals surface area contributed by atoms with Crippen LogP contribution in [0.4, 0.5) is 0 Å². The fourth-order valence-electron chi connectivity index (χ4n) is 1.22. The lowest BCUT2D eigenvalue weighted by Crippen LogP contribution is -1.93. The first-order valence-electron chi connectivity index (χ1n) is 3.78. The summed E-state index contributed by atoms with van der Waals surface area (Å²) in [4.78, 5) is 2.89.